The van der Waals surface area contributed by atoms with Gasteiger partial charge in [-0.05, 0) is 54.3 Å². The van der Waals surface area contributed by atoms with Gasteiger partial charge in [-0.15, -0.1) is 0 Å². The summed E-state index contributed by atoms with van der Waals surface area (Å²) in [6.45, 7) is 3.06. The number of carbonyl (C=O) groups excluding carboxylic acids is 1. The van der Waals surface area contributed by atoms with Gasteiger partial charge in [0.1, 0.15) is 0 Å². The number of anilines is 1. The highest BCUT2D eigenvalue weighted by atomic mass is 32.2. The third-order valence-electron chi connectivity index (χ3n) is 5.24. The molecule has 0 saturated carbocycles. The first-order chi connectivity index (χ1) is 14.4. The largest absolute Gasteiger partial charge is 0.334 e. The molecule has 1 heterocycles. The van der Waals surface area contributed by atoms with Gasteiger partial charge >= 0.3 is 0 Å². The second kappa shape index (κ2) is 8.32. The number of fused-ring (bicyclic) bond motifs is 1. The van der Waals surface area contributed by atoms with Crippen LogP contribution in [0.25, 0.3) is 0 Å². The molecule has 0 atom stereocenters. The van der Waals surface area contributed by atoms with Crippen LogP contribution in [0.15, 0.2) is 72.8 Å². The summed E-state index contributed by atoms with van der Waals surface area (Å²) in [5.74, 6) is -0.0867. The predicted molar refractivity (Wildman–Crippen MR) is 119 cm³/mol. The van der Waals surface area contributed by atoms with E-state index in [1.807, 2.05) is 78.6 Å². The van der Waals surface area contributed by atoms with Crippen LogP contribution in [-0.2, 0) is 28.7 Å². The molecule has 4 rings (SSSR count). The number of hydrogen-bond donors (Lipinski definition) is 1. The second-order valence-corrected chi connectivity index (χ2v) is 9.40. The molecule has 6 heteroatoms. The van der Waals surface area contributed by atoms with E-state index in [0.29, 0.717) is 24.3 Å². The van der Waals surface area contributed by atoms with Crippen molar-refractivity contribution in [2.75, 3.05) is 11.3 Å². The Morgan fingerprint density at radius 2 is 1.77 bits per heavy atom. The predicted octanol–water partition coefficient (Wildman–Crippen LogP) is 4.14. The van der Waals surface area contributed by atoms with Gasteiger partial charge in [0, 0.05) is 24.3 Å². The van der Waals surface area contributed by atoms with Crippen LogP contribution in [0.3, 0.4) is 0 Å². The van der Waals surface area contributed by atoms with Crippen LogP contribution in [0, 0.1) is 6.92 Å². The third kappa shape index (κ3) is 4.71. The Morgan fingerprint density at radius 1 is 0.967 bits per heavy atom. The highest BCUT2D eigenvalue weighted by Crippen LogP contribution is 2.25. The minimum atomic E-state index is -3.53. The molecule has 1 amide bonds. The maximum Gasteiger partial charge on any atom is 0.254 e. The highest BCUT2D eigenvalue weighted by molar-refractivity contribution is 7.91. The summed E-state index contributed by atoms with van der Waals surface area (Å²) in [6.07, 6.45) is 0.754. The van der Waals surface area contributed by atoms with E-state index >= 15 is 0 Å². The van der Waals surface area contributed by atoms with Gasteiger partial charge in [-0.25, -0.2) is 8.42 Å². The molecule has 0 spiro atoms. The van der Waals surface area contributed by atoms with Gasteiger partial charge in [-0.1, -0.05) is 54.1 Å². The average Bonchev–Trinajstić information content (AvgIpc) is 2.72. The molecule has 3 aromatic carbocycles. The zero-order valence-corrected chi connectivity index (χ0v) is 17.7. The van der Waals surface area contributed by atoms with E-state index in [1.165, 1.54) is 0 Å². The van der Waals surface area contributed by atoms with Crippen LogP contribution in [0.4, 0.5) is 5.69 Å². The molecule has 0 fully saturated rings. The topological polar surface area (TPSA) is 66.5 Å². The van der Waals surface area contributed by atoms with Crippen molar-refractivity contribution in [1.29, 1.82) is 0 Å². The molecule has 1 aliphatic heterocycles. The van der Waals surface area contributed by atoms with Crippen LogP contribution in [0.2, 0.25) is 0 Å². The monoisotopic (exact) mass is 420 g/mol. The Kier molecular flexibility index (Phi) is 5.59. The molecule has 0 bridgehead atoms. The van der Waals surface area contributed by atoms with Gasteiger partial charge < -0.3 is 4.90 Å². The number of sulfonamides is 1. The van der Waals surface area contributed by atoms with Crippen molar-refractivity contribution in [2.45, 2.75) is 25.6 Å². The van der Waals surface area contributed by atoms with Crippen molar-refractivity contribution in [3.63, 3.8) is 0 Å². The number of benzene rings is 3. The number of hydrogen-bond acceptors (Lipinski definition) is 3. The Morgan fingerprint density at radius 3 is 2.53 bits per heavy atom. The zero-order valence-electron chi connectivity index (χ0n) is 16.8. The standard InChI is InChI=1S/C24H24N2O3S/c1-18-6-5-7-19(14-18)17-30(28,29)25-23-11-10-20-12-13-26(16-22(20)15-23)24(27)21-8-3-2-4-9-21/h2-11,14-15,25H,12-13,16-17H2,1H3. The second-order valence-electron chi connectivity index (χ2n) is 7.68. The fourth-order valence-corrected chi connectivity index (χ4v) is 4.97. The first kappa shape index (κ1) is 20.2. The van der Waals surface area contributed by atoms with Crippen LogP contribution >= 0.6 is 0 Å². The summed E-state index contributed by atoms with van der Waals surface area (Å²) < 4.78 is 27.9. The number of carbonyl (C=O) groups is 1. The number of rotatable bonds is 5. The lowest BCUT2D eigenvalue weighted by molar-refractivity contribution is 0.0734. The summed E-state index contributed by atoms with van der Waals surface area (Å²) in [6, 6.07) is 22.3. The summed E-state index contributed by atoms with van der Waals surface area (Å²) in [5, 5.41) is 0. The molecule has 30 heavy (non-hydrogen) atoms. The Hall–Kier alpha value is -3.12. The third-order valence-corrected chi connectivity index (χ3v) is 6.50. The van der Waals surface area contributed by atoms with Gasteiger partial charge in [0.25, 0.3) is 5.91 Å². The molecular formula is C24H24N2O3S. The molecule has 0 aromatic heterocycles. The fraction of sp³-hybridized carbons (Fsp3) is 0.208. The molecular weight excluding hydrogens is 396 g/mol. The lowest BCUT2D eigenvalue weighted by atomic mass is 9.98. The summed E-state index contributed by atoms with van der Waals surface area (Å²) in [4.78, 5) is 14.6. The molecule has 1 aliphatic rings. The van der Waals surface area contributed by atoms with Gasteiger partial charge in [-0.3, -0.25) is 9.52 Å². The molecule has 0 unspecified atom stereocenters. The van der Waals surface area contributed by atoms with Crippen molar-refractivity contribution >= 4 is 21.6 Å². The van der Waals surface area contributed by atoms with Crippen LogP contribution in [-0.4, -0.2) is 25.8 Å². The van der Waals surface area contributed by atoms with Crippen LogP contribution in [0.5, 0.6) is 0 Å². The molecule has 3 aromatic rings. The number of nitrogens with zero attached hydrogens (tertiary/aromatic N) is 1. The summed E-state index contributed by atoms with van der Waals surface area (Å²) in [7, 11) is -3.53. The fourth-order valence-electron chi connectivity index (χ4n) is 3.79. The average molecular weight is 421 g/mol. The Labute approximate surface area is 177 Å². The van der Waals surface area contributed by atoms with Crippen molar-refractivity contribution in [1.82, 2.24) is 4.90 Å². The van der Waals surface area contributed by atoms with E-state index < -0.39 is 10.0 Å². The molecule has 154 valence electrons. The van der Waals surface area contributed by atoms with E-state index in [0.717, 1.165) is 28.7 Å². The van der Waals surface area contributed by atoms with E-state index in [4.69, 9.17) is 0 Å². The van der Waals surface area contributed by atoms with Gasteiger partial charge in [0.15, 0.2) is 0 Å². The maximum atomic E-state index is 12.8. The molecule has 5 nitrogen and oxygen atoms in total. The number of aryl methyl sites for hydroxylation is 1. The zero-order chi connectivity index (χ0) is 21.1. The summed E-state index contributed by atoms with van der Waals surface area (Å²) in [5.41, 5.74) is 5.08. The number of nitrogens with one attached hydrogen (secondary N) is 1. The molecule has 0 radical (unpaired) electrons. The quantitative estimate of drug-likeness (QED) is 0.675. The van der Waals surface area contributed by atoms with Crippen LogP contribution < -0.4 is 4.72 Å². The normalized spacial score (nSPS) is 13.6. The van der Waals surface area contributed by atoms with E-state index in [1.54, 1.807) is 6.07 Å². The minimum absolute atomic E-state index is 0.00770. The first-order valence-corrected chi connectivity index (χ1v) is 11.6. The Balaban J connectivity index is 1.49. The van der Waals surface area contributed by atoms with E-state index in [-0.39, 0.29) is 11.7 Å². The van der Waals surface area contributed by atoms with Crippen LogP contribution in [0.1, 0.15) is 32.6 Å². The van der Waals surface area contributed by atoms with E-state index in [9.17, 15) is 13.2 Å². The van der Waals surface area contributed by atoms with Gasteiger partial charge in [-0.2, -0.15) is 0 Å². The van der Waals surface area contributed by atoms with Gasteiger partial charge in [0.05, 0.1) is 5.75 Å². The smallest absolute Gasteiger partial charge is 0.254 e. The molecule has 0 saturated heterocycles. The highest BCUT2D eigenvalue weighted by Gasteiger charge is 2.22. The lowest BCUT2D eigenvalue weighted by Crippen LogP contribution is -2.36. The van der Waals surface area contributed by atoms with Crippen molar-refractivity contribution in [3.8, 4) is 0 Å². The van der Waals surface area contributed by atoms with E-state index in [2.05, 4.69) is 4.72 Å². The first-order valence-electron chi connectivity index (χ1n) is 9.92. The van der Waals surface area contributed by atoms with Gasteiger partial charge in [0.2, 0.25) is 10.0 Å². The van der Waals surface area contributed by atoms with Crippen molar-refractivity contribution < 1.29 is 13.2 Å². The summed E-state index contributed by atoms with van der Waals surface area (Å²) >= 11 is 0. The SMILES string of the molecule is Cc1cccc(CS(=O)(=O)Nc2ccc3c(c2)CN(C(=O)c2ccccc2)CC3)c1. The van der Waals surface area contributed by atoms with Crippen molar-refractivity contribution in [3.05, 3.63) is 101 Å². The Bertz CT molecular complexity index is 1170. The lowest BCUT2D eigenvalue weighted by Gasteiger charge is -2.29. The molecule has 1 N–H and O–H groups in total. The van der Waals surface area contributed by atoms with Crippen molar-refractivity contribution in [2.24, 2.45) is 0 Å². The maximum absolute atomic E-state index is 12.8. The molecule has 0 aliphatic carbocycles. The number of amides is 1. The minimum Gasteiger partial charge on any atom is -0.334 e.